The summed E-state index contributed by atoms with van der Waals surface area (Å²) in [4.78, 5) is 11.6. The molecule has 0 bridgehead atoms. The van der Waals surface area contributed by atoms with Crippen molar-refractivity contribution < 1.29 is 4.79 Å². The summed E-state index contributed by atoms with van der Waals surface area (Å²) in [6, 6.07) is 7.45. The minimum atomic E-state index is -0.510. The van der Waals surface area contributed by atoms with Crippen molar-refractivity contribution in [2.75, 3.05) is 0 Å². The summed E-state index contributed by atoms with van der Waals surface area (Å²) in [5.74, 6) is 0. The van der Waals surface area contributed by atoms with Gasteiger partial charge in [-0.15, -0.1) is 0 Å². The second kappa shape index (κ2) is 4.82. The van der Waals surface area contributed by atoms with Gasteiger partial charge in [0.25, 0.3) is 0 Å². The van der Waals surface area contributed by atoms with Crippen molar-refractivity contribution in [1.82, 2.24) is 4.72 Å². The Hall–Kier alpha value is -0.510. The summed E-state index contributed by atoms with van der Waals surface area (Å²) in [6.45, 7) is 3.64. The summed E-state index contributed by atoms with van der Waals surface area (Å²) in [6.07, 6.45) is 0.885. The Bertz CT molecular complexity index is 310. The largest absolute Gasteiger partial charge is 0.301 e. The Balaban J connectivity index is 2.54. The SMILES string of the molecule is CC(C)(C=O)NSc1ccc(Cl)cc1. The predicted octanol–water partition coefficient (Wildman–Crippen LogP) is 2.91. The van der Waals surface area contributed by atoms with Crippen LogP contribution in [0.3, 0.4) is 0 Å². The Labute approximate surface area is 93.2 Å². The van der Waals surface area contributed by atoms with E-state index in [2.05, 4.69) is 4.72 Å². The van der Waals surface area contributed by atoms with Crippen LogP contribution in [-0.2, 0) is 4.79 Å². The number of carbonyl (C=O) groups is 1. The monoisotopic (exact) mass is 229 g/mol. The highest BCUT2D eigenvalue weighted by atomic mass is 35.5. The normalized spacial score (nSPS) is 11.4. The van der Waals surface area contributed by atoms with Crippen molar-refractivity contribution in [3.8, 4) is 0 Å². The van der Waals surface area contributed by atoms with Crippen LogP contribution in [0.2, 0.25) is 5.02 Å². The van der Waals surface area contributed by atoms with Crippen molar-refractivity contribution in [2.24, 2.45) is 0 Å². The van der Waals surface area contributed by atoms with Gasteiger partial charge in [0.1, 0.15) is 6.29 Å². The fourth-order valence-corrected chi connectivity index (χ4v) is 1.54. The molecule has 0 aromatic heterocycles. The van der Waals surface area contributed by atoms with Crippen LogP contribution >= 0.6 is 23.5 Å². The van der Waals surface area contributed by atoms with Crippen molar-refractivity contribution in [3.63, 3.8) is 0 Å². The lowest BCUT2D eigenvalue weighted by molar-refractivity contribution is -0.111. The number of carbonyl (C=O) groups excluding carboxylic acids is 1. The first kappa shape index (κ1) is 11.6. The number of aldehydes is 1. The molecule has 1 aromatic carbocycles. The molecule has 4 heteroatoms. The lowest BCUT2D eigenvalue weighted by Gasteiger charge is -2.17. The minimum absolute atomic E-state index is 0.510. The van der Waals surface area contributed by atoms with Crippen LogP contribution in [0.4, 0.5) is 0 Å². The van der Waals surface area contributed by atoms with Crippen LogP contribution in [-0.4, -0.2) is 11.8 Å². The zero-order valence-corrected chi connectivity index (χ0v) is 9.65. The third kappa shape index (κ3) is 3.70. The first-order chi connectivity index (χ1) is 6.53. The minimum Gasteiger partial charge on any atom is -0.301 e. The molecule has 0 heterocycles. The van der Waals surface area contributed by atoms with E-state index < -0.39 is 5.54 Å². The second-order valence-corrected chi connectivity index (χ2v) is 4.81. The molecule has 0 aliphatic rings. The number of rotatable bonds is 4. The average Bonchev–Trinajstić information content (AvgIpc) is 2.17. The van der Waals surface area contributed by atoms with Crippen molar-refractivity contribution >= 4 is 29.8 Å². The molecule has 1 N–H and O–H groups in total. The van der Waals surface area contributed by atoms with Gasteiger partial charge in [-0.1, -0.05) is 11.6 Å². The summed E-state index contributed by atoms with van der Waals surface area (Å²) >= 11 is 7.16. The zero-order valence-electron chi connectivity index (χ0n) is 8.08. The quantitative estimate of drug-likeness (QED) is 0.636. The van der Waals surface area contributed by atoms with Crippen molar-refractivity contribution in [2.45, 2.75) is 24.3 Å². The fourth-order valence-electron chi connectivity index (χ4n) is 0.717. The molecule has 0 atom stereocenters. The van der Waals surface area contributed by atoms with E-state index in [4.69, 9.17) is 11.6 Å². The zero-order chi connectivity index (χ0) is 10.6. The molecule has 0 unspecified atom stereocenters. The Morgan fingerprint density at radius 1 is 1.36 bits per heavy atom. The molecule has 0 radical (unpaired) electrons. The number of hydrogen-bond donors (Lipinski definition) is 1. The molecule has 76 valence electrons. The van der Waals surface area contributed by atoms with Gasteiger partial charge in [0.15, 0.2) is 0 Å². The smallest absolute Gasteiger partial charge is 0.140 e. The van der Waals surface area contributed by atoms with E-state index in [9.17, 15) is 4.79 Å². The van der Waals surface area contributed by atoms with Gasteiger partial charge < -0.3 is 4.79 Å². The van der Waals surface area contributed by atoms with Crippen LogP contribution in [0, 0.1) is 0 Å². The van der Waals surface area contributed by atoms with Gasteiger partial charge in [0, 0.05) is 9.92 Å². The highest BCUT2D eigenvalue weighted by molar-refractivity contribution is 7.97. The molecule has 0 saturated carbocycles. The molecule has 2 nitrogen and oxygen atoms in total. The van der Waals surface area contributed by atoms with Crippen LogP contribution in [0.25, 0.3) is 0 Å². The molecule has 0 amide bonds. The molecule has 14 heavy (non-hydrogen) atoms. The van der Waals surface area contributed by atoms with Gasteiger partial charge in [-0.3, -0.25) is 0 Å². The molecule has 0 spiro atoms. The van der Waals surface area contributed by atoms with Gasteiger partial charge >= 0.3 is 0 Å². The standard InChI is InChI=1S/C10H12ClNOS/c1-10(2,7-13)12-14-9-5-3-8(11)4-6-9/h3-7,12H,1-2H3. The van der Waals surface area contributed by atoms with E-state index in [1.54, 1.807) is 0 Å². The Morgan fingerprint density at radius 3 is 2.43 bits per heavy atom. The predicted molar refractivity (Wildman–Crippen MR) is 60.6 cm³/mol. The van der Waals surface area contributed by atoms with Gasteiger partial charge in [-0.05, 0) is 50.1 Å². The third-order valence-corrected chi connectivity index (χ3v) is 2.93. The van der Waals surface area contributed by atoms with Crippen molar-refractivity contribution in [1.29, 1.82) is 0 Å². The van der Waals surface area contributed by atoms with E-state index in [-0.39, 0.29) is 0 Å². The van der Waals surface area contributed by atoms with E-state index >= 15 is 0 Å². The first-order valence-electron chi connectivity index (χ1n) is 4.19. The fraction of sp³-hybridized carbons (Fsp3) is 0.300. The molecular formula is C10H12ClNOS. The molecular weight excluding hydrogens is 218 g/mol. The number of benzene rings is 1. The maximum Gasteiger partial charge on any atom is 0.140 e. The van der Waals surface area contributed by atoms with Crippen LogP contribution in [0.5, 0.6) is 0 Å². The number of halogens is 1. The van der Waals surface area contributed by atoms with E-state index in [0.29, 0.717) is 5.02 Å². The van der Waals surface area contributed by atoms with Gasteiger partial charge in [0.2, 0.25) is 0 Å². The lowest BCUT2D eigenvalue weighted by atomic mass is 10.1. The molecule has 0 saturated heterocycles. The molecule has 0 aliphatic carbocycles. The number of nitrogens with one attached hydrogen (secondary N) is 1. The molecule has 0 aliphatic heterocycles. The first-order valence-corrected chi connectivity index (χ1v) is 5.39. The highest BCUT2D eigenvalue weighted by Gasteiger charge is 2.15. The summed E-state index contributed by atoms with van der Waals surface area (Å²) in [5.41, 5.74) is -0.510. The van der Waals surface area contributed by atoms with Crippen molar-refractivity contribution in [3.05, 3.63) is 29.3 Å². The van der Waals surface area contributed by atoms with Gasteiger partial charge in [-0.2, -0.15) is 0 Å². The Kier molecular flexibility index (Phi) is 3.98. The average molecular weight is 230 g/mol. The lowest BCUT2D eigenvalue weighted by Crippen LogP contribution is -2.35. The molecule has 1 rings (SSSR count). The molecule has 0 fully saturated rings. The van der Waals surface area contributed by atoms with E-state index in [1.165, 1.54) is 11.9 Å². The number of hydrogen-bond acceptors (Lipinski definition) is 3. The van der Waals surface area contributed by atoms with E-state index in [1.807, 2.05) is 38.1 Å². The van der Waals surface area contributed by atoms with Gasteiger partial charge in [-0.25, -0.2) is 4.72 Å². The maximum absolute atomic E-state index is 10.6. The van der Waals surface area contributed by atoms with Crippen LogP contribution < -0.4 is 4.72 Å². The summed E-state index contributed by atoms with van der Waals surface area (Å²) < 4.78 is 3.05. The maximum atomic E-state index is 10.6. The second-order valence-electron chi connectivity index (χ2n) is 3.50. The molecule has 1 aromatic rings. The van der Waals surface area contributed by atoms with Gasteiger partial charge in [0.05, 0.1) is 5.54 Å². The Morgan fingerprint density at radius 2 is 1.93 bits per heavy atom. The van der Waals surface area contributed by atoms with E-state index in [0.717, 1.165) is 11.2 Å². The summed E-state index contributed by atoms with van der Waals surface area (Å²) in [7, 11) is 0. The third-order valence-electron chi connectivity index (χ3n) is 1.54. The van der Waals surface area contributed by atoms with Crippen LogP contribution in [0.1, 0.15) is 13.8 Å². The summed E-state index contributed by atoms with van der Waals surface area (Å²) in [5, 5.41) is 0.712. The highest BCUT2D eigenvalue weighted by Crippen LogP contribution is 2.19. The van der Waals surface area contributed by atoms with Crippen LogP contribution in [0.15, 0.2) is 29.2 Å². The topological polar surface area (TPSA) is 29.1 Å².